The fourth-order valence-electron chi connectivity index (χ4n) is 4.42. The van der Waals surface area contributed by atoms with Crippen LogP contribution in [-0.2, 0) is 30.3 Å². The highest BCUT2D eigenvalue weighted by molar-refractivity contribution is 5.91. The van der Waals surface area contributed by atoms with Crippen LogP contribution in [0.4, 0.5) is 0 Å². The Morgan fingerprint density at radius 1 is 0.902 bits per heavy atom. The van der Waals surface area contributed by atoms with Crippen molar-refractivity contribution in [2.45, 2.75) is 31.5 Å². The average Bonchev–Trinajstić information content (AvgIpc) is 3.33. The monoisotopic (exact) mass is 566 g/mol. The van der Waals surface area contributed by atoms with Crippen LogP contribution in [0.1, 0.15) is 41.2 Å². The van der Waals surface area contributed by atoms with Crippen molar-refractivity contribution in [3.05, 3.63) is 76.9 Å². The van der Waals surface area contributed by atoms with Crippen molar-refractivity contribution >= 4 is 24.0 Å². The van der Waals surface area contributed by atoms with Crippen LogP contribution in [0.5, 0.6) is 34.5 Å². The smallest absolute Gasteiger partial charge is 0.345 e. The molecule has 0 aromatic heterocycles. The van der Waals surface area contributed by atoms with Crippen molar-refractivity contribution in [3.8, 4) is 34.5 Å². The standard InChI is InChI=1S/C29H26O12/c1-2-39-29(38)25-24-15(4-9-19(32)27(24)41-26(25)16-5-8-18(31)21(34)13-16)6-10-23(35)40-22(28(36)37)12-14-3-7-17(30)20(33)11-14/h3-11,13,22,25-26,30-34H,2,12H2,1H3,(H,36,37). The molecule has 0 fully saturated rings. The number of benzene rings is 3. The number of carbonyl (C=O) groups excluding carboxylic acids is 2. The Morgan fingerprint density at radius 2 is 1.56 bits per heavy atom. The minimum atomic E-state index is -1.62. The SMILES string of the molecule is CCOC(=O)C1c2c(C=CC(=O)OC(Cc3ccc(O)c(O)c3)C(=O)O)ccc(O)c2OC1c1ccc(O)c(O)c1. The molecule has 0 radical (unpaired) electrons. The number of carboxylic acid groups (broad SMARTS) is 1. The maximum Gasteiger partial charge on any atom is 0.345 e. The Balaban J connectivity index is 1.63. The van der Waals surface area contributed by atoms with Gasteiger partial charge in [0.05, 0.1) is 6.61 Å². The van der Waals surface area contributed by atoms with E-state index >= 15 is 0 Å². The molecule has 12 nitrogen and oxygen atoms in total. The molecular weight excluding hydrogens is 540 g/mol. The number of aromatic hydroxyl groups is 5. The zero-order valence-electron chi connectivity index (χ0n) is 21.6. The van der Waals surface area contributed by atoms with Gasteiger partial charge in [0.2, 0.25) is 6.10 Å². The van der Waals surface area contributed by atoms with Crippen molar-refractivity contribution in [1.82, 2.24) is 0 Å². The van der Waals surface area contributed by atoms with Gasteiger partial charge in [0, 0.05) is 18.1 Å². The fraction of sp³-hybridized carbons (Fsp3) is 0.207. The predicted molar refractivity (Wildman–Crippen MR) is 141 cm³/mol. The van der Waals surface area contributed by atoms with E-state index in [1.165, 1.54) is 48.5 Å². The summed E-state index contributed by atoms with van der Waals surface area (Å²) >= 11 is 0. The van der Waals surface area contributed by atoms with Crippen molar-refractivity contribution in [3.63, 3.8) is 0 Å². The highest BCUT2D eigenvalue weighted by Crippen LogP contribution is 2.53. The first-order valence-electron chi connectivity index (χ1n) is 12.3. The Kier molecular flexibility index (Phi) is 8.22. The quantitative estimate of drug-likeness (QED) is 0.126. The lowest BCUT2D eigenvalue weighted by atomic mass is 9.87. The summed E-state index contributed by atoms with van der Waals surface area (Å²) in [5, 5.41) is 58.8. The van der Waals surface area contributed by atoms with Gasteiger partial charge >= 0.3 is 17.9 Å². The summed E-state index contributed by atoms with van der Waals surface area (Å²) in [6.07, 6.45) is -0.779. The van der Waals surface area contributed by atoms with E-state index in [9.17, 15) is 45.0 Å². The summed E-state index contributed by atoms with van der Waals surface area (Å²) in [5.74, 6) is -6.39. The molecule has 0 spiro atoms. The number of phenolic OH excluding ortho intramolecular Hbond substituents is 5. The van der Waals surface area contributed by atoms with Crippen molar-refractivity contribution < 1.29 is 59.2 Å². The summed E-state index contributed by atoms with van der Waals surface area (Å²) in [5.41, 5.74) is 1.03. The van der Waals surface area contributed by atoms with Gasteiger partial charge in [0.1, 0.15) is 12.0 Å². The summed E-state index contributed by atoms with van der Waals surface area (Å²) in [6, 6.07) is 10.2. The van der Waals surface area contributed by atoms with Gasteiger partial charge < -0.3 is 44.8 Å². The lowest BCUT2D eigenvalue weighted by Crippen LogP contribution is -2.28. The topological polar surface area (TPSA) is 200 Å². The molecule has 4 rings (SSSR count). The van der Waals surface area contributed by atoms with Gasteiger partial charge in [-0.2, -0.15) is 0 Å². The van der Waals surface area contributed by atoms with E-state index in [0.717, 1.165) is 12.1 Å². The summed E-state index contributed by atoms with van der Waals surface area (Å²) in [4.78, 5) is 37.4. The van der Waals surface area contributed by atoms with Gasteiger partial charge in [0.25, 0.3) is 0 Å². The van der Waals surface area contributed by atoms with Gasteiger partial charge in [0.15, 0.2) is 34.5 Å². The van der Waals surface area contributed by atoms with E-state index in [-0.39, 0.29) is 41.4 Å². The molecular formula is C29H26O12. The van der Waals surface area contributed by atoms with Crippen LogP contribution in [0.15, 0.2) is 54.6 Å². The number of hydrogen-bond donors (Lipinski definition) is 6. The molecule has 0 aliphatic carbocycles. The van der Waals surface area contributed by atoms with E-state index in [4.69, 9.17) is 14.2 Å². The van der Waals surface area contributed by atoms with Crippen molar-refractivity contribution in [1.29, 1.82) is 0 Å². The van der Waals surface area contributed by atoms with Crippen LogP contribution in [0.2, 0.25) is 0 Å². The summed E-state index contributed by atoms with van der Waals surface area (Å²) in [7, 11) is 0. The molecule has 0 amide bonds. The van der Waals surface area contributed by atoms with Crippen LogP contribution in [0.3, 0.4) is 0 Å². The maximum atomic E-state index is 13.1. The highest BCUT2D eigenvalue weighted by atomic mass is 16.6. The number of phenols is 5. The first-order chi connectivity index (χ1) is 19.5. The van der Waals surface area contributed by atoms with Crippen LogP contribution < -0.4 is 4.74 Å². The molecule has 0 saturated carbocycles. The third-order valence-electron chi connectivity index (χ3n) is 6.33. The van der Waals surface area contributed by atoms with E-state index < -0.39 is 53.3 Å². The molecule has 6 N–H and O–H groups in total. The average molecular weight is 567 g/mol. The van der Waals surface area contributed by atoms with Gasteiger partial charge in [-0.1, -0.05) is 18.2 Å². The van der Waals surface area contributed by atoms with E-state index in [1.54, 1.807) is 6.92 Å². The second kappa shape index (κ2) is 11.8. The Bertz CT molecular complexity index is 1530. The Labute approximate surface area is 232 Å². The van der Waals surface area contributed by atoms with Crippen LogP contribution in [0, 0.1) is 0 Å². The molecule has 3 atom stereocenters. The van der Waals surface area contributed by atoms with E-state index in [1.807, 2.05) is 0 Å². The Hall–Kier alpha value is -5.39. The van der Waals surface area contributed by atoms with E-state index in [2.05, 4.69) is 0 Å². The maximum absolute atomic E-state index is 13.1. The van der Waals surface area contributed by atoms with Crippen LogP contribution >= 0.6 is 0 Å². The number of hydrogen-bond acceptors (Lipinski definition) is 11. The Morgan fingerprint density at radius 3 is 2.20 bits per heavy atom. The third-order valence-corrected chi connectivity index (χ3v) is 6.33. The van der Waals surface area contributed by atoms with Crippen LogP contribution in [-0.4, -0.2) is 61.3 Å². The summed E-state index contributed by atoms with van der Waals surface area (Å²) in [6.45, 7) is 1.64. The molecule has 0 saturated heterocycles. The molecule has 1 aliphatic rings. The molecule has 41 heavy (non-hydrogen) atoms. The first-order valence-corrected chi connectivity index (χ1v) is 12.3. The molecule has 12 heteroatoms. The van der Waals surface area contributed by atoms with Crippen molar-refractivity contribution in [2.75, 3.05) is 6.61 Å². The van der Waals surface area contributed by atoms with Gasteiger partial charge in [-0.25, -0.2) is 9.59 Å². The molecule has 3 aromatic rings. The second-order valence-electron chi connectivity index (χ2n) is 9.06. The lowest BCUT2D eigenvalue weighted by molar-refractivity contribution is -0.160. The second-order valence-corrected chi connectivity index (χ2v) is 9.06. The number of carboxylic acids is 1. The van der Waals surface area contributed by atoms with E-state index in [0.29, 0.717) is 11.1 Å². The molecule has 3 unspecified atom stereocenters. The minimum Gasteiger partial charge on any atom is -0.504 e. The number of esters is 2. The lowest BCUT2D eigenvalue weighted by Gasteiger charge is -2.19. The van der Waals surface area contributed by atoms with Gasteiger partial charge in [-0.05, 0) is 60.0 Å². The normalized spacial score (nSPS) is 16.5. The zero-order chi connectivity index (χ0) is 29.8. The molecule has 0 bridgehead atoms. The number of ether oxygens (including phenoxy) is 3. The largest absolute Gasteiger partial charge is 0.504 e. The predicted octanol–water partition coefficient (Wildman–Crippen LogP) is 3.25. The molecule has 214 valence electrons. The fourth-order valence-corrected chi connectivity index (χ4v) is 4.42. The number of carbonyl (C=O) groups is 3. The first kappa shape index (κ1) is 28.6. The number of fused-ring (bicyclic) bond motifs is 1. The molecule has 1 heterocycles. The molecule has 1 aliphatic heterocycles. The van der Waals surface area contributed by atoms with Crippen LogP contribution in [0.25, 0.3) is 6.08 Å². The molecule has 3 aromatic carbocycles. The summed E-state index contributed by atoms with van der Waals surface area (Å²) < 4.78 is 16.2. The number of aliphatic carboxylic acids is 1. The number of rotatable bonds is 9. The zero-order valence-corrected chi connectivity index (χ0v) is 21.6. The minimum absolute atomic E-state index is 0.0317. The highest BCUT2D eigenvalue weighted by Gasteiger charge is 2.44. The van der Waals surface area contributed by atoms with Gasteiger partial charge in [-0.15, -0.1) is 0 Å². The van der Waals surface area contributed by atoms with Gasteiger partial charge in [-0.3, -0.25) is 4.79 Å². The van der Waals surface area contributed by atoms with Crippen molar-refractivity contribution in [2.24, 2.45) is 0 Å². The third kappa shape index (κ3) is 6.11.